The summed E-state index contributed by atoms with van der Waals surface area (Å²) in [5.74, 6) is -0.226. The van der Waals surface area contributed by atoms with Crippen LogP contribution in [0.25, 0.3) is 0 Å². The third-order valence-electron chi connectivity index (χ3n) is 1.85. The van der Waals surface area contributed by atoms with E-state index in [0.717, 1.165) is 0 Å². The Morgan fingerprint density at radius 3 is 2.62 bits per heavy atom. The van der Waals surface area contributed by atoms with E-state index < -0.39 is 4.92 Å². The highest BCUT2D eigenvalue weighted by molar-refractivity contribution is 14.1. The number of carbonyl (C=O) groups excluding carboxylic acids is 2. The molecule has 1 aromatic rings. The lowest BCUT2D eigenvalue weighted by Crippen LogP contribution is -2.05. The molecule has 1 aromatic carbocycles. The van der Waals surface area contributed by atoms with Crippen molar-refractivity contribution in [3.8, 4) is 0 Å². The number of hydrogen-bond acceptors (Lipinski definition) is 4. The van der Waals surface area contributed by atoms with E-state index in [4.69, 9.17) is 0 Å². The maximum absolute atomic E-state index is 11.4. The number of aldehydes is 1. The largest absolute Gasteiger partial charge is 0.298 e. The second kappa shape index (κ2) is 5.48. The van der Waals surface area contributed by atoms with Crippen molar-refractivity contribution in [3.63, 3.8) is 0 Å². The summed E-state index contributed by atoms with van der Waals surface area (Å²) < 4.78 is 0.275. The average molecular weight is 398 g/mol. The van der Waals surface area contributed by atoms with Gasteiger partial charge in [0.05, 0.1) is 19.4 Å². The van der Waals surface area contributed by atoms with Gasteiger partial charge in [-0.1, -0.05) is 15.9 Å². The van der Waals surface area contributed by atoms with E-state index in [0.29, 0.717) is 6.29 Å². The molecular formula is C9H5BrINO4. The molecule has 0 aliphatic heterocycles. The molecule has 0 saturated carbocycles. The lowest BCUT2D eigenvalue weighted by atomic mass is 10.1. The molecule has 0 spiro atoms. The number of nitro groups is 1. The Kier molecular flexibility index (Phi) is 4.54. The van der Waals surface area contributed by atoms with Gasteiger partial charge in [0.15, 0.2) is 12.1 Å². The number of nitrogens with zero attached hydrogens (tertiary/aromatic N) is 1. The van der Waals surface area contributed by atoms with Gasteiger partial charge in [-0.2, -0.15) is 0 Å². The maximum atomic E-state index is 11.4. The summed E-state index contributed by atoms with van der Waals surface area (Å²) in [7, 11) is 0. The molecule has 0 aliphatic rings. The number of nitro benzene ring substituents is 1. The molecule has 0 unspecified atom stereocenters. The highest BCUT2D eigenvalue weighted by atomic mass is 127. The lowest BCUT2D eigenvalue weighted by molar-refractivity contribution is -0.386. The number of ketones is 1. The van der Waals surface area contributed by atoms with Crippen LogP contribution in [0.2, 0.25) is 0 Å². The molecule has 0 N–H and O–H groups in total. The average Bonchev–Trinajstić information content (AvgIpc) is 2.26. The van der Waals surface area contributed by atoms with E-state index in [1.807, 2.05) is 0 Å². The number of halogens is 2. The number of carbonyl (C=O) groups is 2. The van der Waals surface area contributed by atoms with Crippen LogP contribution in [-0.4, -0.2) is 22.3 Å². The van der Waals surface area contributed by atoms with E-state index in [9.17, 15) is 19.7 Å². The quantitative estimate of drug-likeness (QED) is 0.195. The SMILES string of the molecule is O=Cc1cc(C(=O)CBr)cc(I)c1[N+](=O)[O-]. The zero-order chi connectivity index (χ0) is 12.3. The molecule has 0 atom stereocenters. The van der Waals surface area contributed by atoms with Gasteiger partial charge in [-0.25, -0.2) is 0 Å². The molecule has 0 aromatic heterocycles. The van der Waals surface area contributed by atoms with Crippen LogP contribution in [0.15, 0.2) is 12.1 Å². The monoisotopic (exact) mass is 397 g/mol. The Morgan fingerprint density at radius 2 is 2.19 bits per heavy atom. The van der Waals surface area contributed by atoms with Crippen LogP contribution in [0, 0.1) is 13.7 Å². The van der Waals surface area contributed by atoms with Crippen molar-refractivity contribution >= 4 is 56.3 Å². The van der Waals surface area contributed by atoms with Gasteiger partial charge in [0.25, 0.3) is 5.69 Å². The molecule has 84 valence electrons. The molecule has 0 heterocycles. The predicted molar refractivity (Wildman–Crippen MR) is 69.3 cm³/mol. The van der Waals surface area contributed by atoms with Crippen LogP contribution in [0.3, 0.4) is 0 Å². The van der Waals surface area contributed by atoms with Gasteiger partial charge >= 0.3 is 0 Å². The van der Waals surface area contributed by atoms with Crippen LogP contribution in [0.4, 0.5) is 5.69 Å². The first-order valence-electron chi connectivity index (χ1n) is 4.03. The van der Waals surface area contributed by atoms with Crippen molar-refractivity contribution < 1.29 is 14.5 Å². The zero-order valence-corrected chi connectivity index (χ0v) is 11.5. The third kappa shape index (κ3) is 2.64. The van der Waals surface area contributed by atoms with Crippen molar-refractivity contribution in [2.24, 2.45) is 0 Å². The van der Waals surface area contributed by atoms with Crippen LogP contribution >= 0.6 is 38.5 Å². The van der Waals surface area contributed by atoms with Gasteiger partial charge in [0, 0.05) is 5.56 Å². The summed E-state index contributed by atoms with van der Waals surface area (Å²) in [6, 6.07) is 2.63. The van der Waals surface area contributed by atoms with Gasteiger partial charge in [0.1, 0.15) is 0 Å². The van der Waals surface area contributed by atoms with Gasteiger partial charge in [0.2, 0.25) is 0 Å². The Labute approximate surface area is 113 Å². The second-order valence-corrected chi connectivity index (χ2v) is 4.55. The van der Waals surface area contributed by atoms with Gasteiger partial charge in [-0.15, -0.1) is 0 Å². The van der Waals surface area contributed by atoms with E-state index in [1.54, 1.807) is 22.6 Å². The first-order chi connectivity index (χ1) is 7.51. The summed E-state index contributed by atoms with van der Waals surface area (Å²) in [6.07, 6.45) is 0.380. The second-order valence-electron chi connectivity index (χ2n) is 2.83. The maximum Gasteiger partial charge on any atom is 0.293 e. The number of benzene rings is 1. The fraction of sp³-hybridized carbons (Fsp3) is 0.111. The molecule has 0 aliphatic carbocycles. The first kappa shape index (κ1) is 13.2. The summed E-state index contributed by atoms with van der Waals surface area (Å²) in [5.41, 5.74) is -0.0584. The molecular weight excluding hydrogens is 393 g/mol. The van der Waals surface area contributed by atoms with Crippen molar-refractivity contribution in [1.29, 1.82) is 0 Å². The molecule has 5 nitrogen and oxygen atoms in total. The number of alkyl halides is 1. The Bertz CT molecular complexity index is 475. The molecule has 1 rings (SSSR count). The van der Waals surface area contributed by atoms with Crippen LogP contribution in [0.1, 0.15) is 20.7 Å². The van der Waals surface area contributed by atoms with Crippen molar-refractivity contribution in [3.05, 3.63) is 36.9 Å². The summed E-state index contributed by atoms with van der Waals surface area (Å²) in [4.78, 5) is 32.2. The molecule has 0 amide bonds. The molecule has 16 heavy (non-hydrogen) atoms. The zero-order valence-electron chi connectivity index (χ0n) is 7.78. The molecule has 0 radical (unpaired) electrons. The van der Waals surface area contributed by atoms with E-state index >= 15 is 0 Å². The smallest absolute Gasteiger partial charge is 0.293 e. The summed E-state index contributed by atoms with van der Waals surface area (Å²) in [6.45, 7) is 0. The fourth-order valence-electron chi connectivity index (χ4n) is 1.14. The standard InChI is InChI=1S/C9H5BrINO4/c10-3-8(14)5-1-6(4-13)9(12(15)16)7(11)2-5/h1-2,4H,3H2. The number of rotatable bonds is 4. The topological polar surface area (TPSA) is 77.3 Å². The van der Waals surface area contributed by atoms with Crippen LogP contribution in [0.5, 0.6) is 0 Å². The van der Waals surface area contributed by atoms with Crippen molar-refractivity contribution in [1.82, 2.24) is 0 Å². The normalized spacial score (nSPS) is 9.88. The van der Waals surface area contributed by atoms with E-state index in [2.05, 4.69) is 15.9 Å². The number of Topliss-reactive ketones (excluding diaryl/α,β-unsaturated/α-hetero) is 1. The minimum atomic E-state index is -0.631. The van der Waals surface area contributed by atoms with E-state index in [1.165, 1.54) is 12.1 Å². The van der Waals surface area contributed by atoms with Gasteiger partial charge < -0.3 is 0 Å². The van der Waals surface area contributed by atoms with Crippen molar-refractivity contribution in [2.45, 2.75) is 0 Å². The number of hydrogen-bond donors (Lipinski definition) is 0. The van der Waals surface area contributed by atoms with Crippen molar-refractivity contribution in [2.75, 3.05) is 5.33 Å². The van der Waals surface area contributed by atoms with Crippen LogP contribution < -0.4 is 0 Å². The molecule has 7 heteroatoms. The summed E-state index contributed by atoms with van der Waals surface area (Å²) in [5, 5.41) is 10.8. The predicted octanol–water partition coefficient (Wildman–Crippen LogP) is 2.59. The highest BCUT2D eigenvalue weighted by Gasteiger charge is 2.20. The Hall–Kier alpha value is -0.830. The third-order valence-corrected chi connectivity index (χ3v) is 3.18. The molecule has 0 fully saturated rings. The lowest BCUT2D eigenvalue weighted by Gasteiger charge is -2.02. The fourth-order valence-corrected chi connectivity index (χ4v) is 2.31. The minimum Gasteiger partial charge on any atom is -0.298 e. The Morgan fingerprint density at radius 1 is 1.56 bits per heavy atom. The highest BCUT2D eigenvalue weighted by Crippen LogP contribution is 2.26. The van der Waals surface area contributed by atoms with Crippen LogP contribution in [-0.2, 0) is 0 Å². The summed E-state index contributed by atoms with van der Waals surface area (Å²) >= 11 is 4.73. The minimum absolute atomic E-state index is 0.0822. The molecule has 0 saturated heterocycles. The first-order valence-corrected chi connectivity index (χ1v) is 6.23. The van der Waals surface area contributed by atoms with Gasteiger partial charge in [-0.05, 0) is 34.7 Å². The van der Waals surface area contributed by atoms with Gasteiger partial charge in [-0.3, -0.25) is 19.7 Å². The molecule has 0 bridgehead atoms. The Balaban J connectivity index is 3.43. The van der Waals surface area contributed by atoms with E-state index in [-0.39, 0.29) is 31.5 Å².